The number of carbonyl (C=O) groups excluding carboxylic acids is 4. The van der Waals surface area contributed by atoms with Crippen molar-refractivity contribution in [3.63, 3.8) is 0 Å². The van der Waals surface area contributed by atoms with E-state index in [0.717, 1.165) is 0 Å². The second-order valence-corrected chi connectivity index (χ2v) is 7.42. The summed E-state index contributed by atoms with van der Waals surface area (Å²) in [6, 6.07) is 0. The molecule has 4 N–H and O–H groups in total. The zero-order valence-electron chi connectivity index (χ0n) is 16.6. The largest absolute Gasteiger partial charge is 0.351 e. The highest BCUT2D eigenvalue weighted by Crippen LogP contribution is 2.36. The van der Waals surface area contributed by atoms with Gasteiger partial charge in [-0.3, -0.25) is 19.2 Å². The van der Waals surface area contributed by atoms with Gasteiger partial charge in [0, 0.05) is 38.1 Å². The number of anilines is 2. The summed E-state index contributed by atoms with van der Waals surface area (Å²) in [5.74, 6) is -1.22. The molecule has 1 aromatic rings. The van der Waals surface area contributed by atoms with Gasteiger partial charge in [0.15, 0.2) is 0 Å². The molecule has 0 fully saturated rings. The van der Waals surface area contributed by atoms with Crippen molar-refractivity contribution in [1.82, 2.24) is 10.6 Å². The Balaban J connectivity index is 3.19. The van der Waals surface area contributed by atoms with Gasteiger partial charge in [-0.05, 0) is 54.5 Å². The fourth-order valence-corrected chi connectivity index (χ4v) is 3.65. The van der Waals surface area contributed by atoms with Crippen molar-refractivity contribution in [2.75, 3.05) is 23.7 Å². The van der Waals surface area contributed by atoms with Crippen molar-refractivity contribution in [1.29, 1.82) is 0 Å². The molecule has 152 valence electrons. The lowest BCUT2D eigenvalue weighted by atomic mass is 9.98. The molecule has 0 spiro atoms. The lowest BCUT2D eigenvalue weighted by Gasteiger charge is -2.21. The van der Waals surface area contributed by atoms with E-state index in [9.17, 15) is 19.2 Å². The summed E-state index contributed by atoms with van der Waals surface area (Å²) < 4.78 is 0.642. The summed E-state index contributed by atoms with van der Waals surface area (Å²) >= 11 is 2.03. The van der Waals surface area contributed by atoms with Gasteiger partial charge in [0.2, 0.25) is 17.7 Å². The third-order valence-corrected chi connectivity index (χ3v) is 4.93. The van der Waals surface area contributed by atoms with Crippen molar-refractivity contribution in [2.45, 2.75) is 34.6 Å². The molecule has 0 saturated carbocycles. The molecule has 0 radical (unpaired) electrons. The molecular weight excluding hydrogens is 475 g/mol. The highest BCUT2D eigenvalue weighted by molar-refractivity contribution is 14.1. The molecule has 0 unspecified atom stereocenters. The van der Waals surface area contributed by atoms with Gasteiger partial charge in [0.25, 0.3) is 5.91 Å². The maximum atomic E-state index is 12.8. The van der Waals surface area contributed by atoms with E-state index in [4.69, 9.17) is 0 Å². The maximum absolute atomic E-state index is 12.8. The van der Waals surface area contributed by atoms with Crippen molar-refractivity contribution in [3.05, 3.63) is 32.4 Å². The van der Waals surface area contributed by atoms with Gasteiger partial charge in [0.05, 0.1) is 14.9 Å². The molecular formula is C19H25IN4O4. The van der Waals surface area contributed by atoms with E-state index in [1.807, 2.05) is 22.6 Å². The smallest absolute Gasteiger partial charge is 0.252 e. The Morgan fingerprint density at radius 3 is 1.68 bits per heavy atom. The van der Waals surface area contributed by atoms with E-state index in [0.29, 0.717) is 37.2 Å². The Morgan fingerprint density at radius 1 is 0.857 bits per heavy atom. The van der Waals surface area contributed by atoms with Gasteiger partial charge in [-0.1, -0.05) is 6.58 Å². The first-order valence-electron chi connectivity index (χ1n) is 8.57. The van der Waals surface area contributed by atoms with Crippen LogP contribution in [0.5, 0.6) is 0 Å². The van der Waals surface area contributed by atoms with Gasteiger partial charge < -0.3 is 21.3 Å². The molecule has 1 rings (SSSR count). The number of nitrogens with one attached hydrogen (secondary N) is 4. The fourth-order valence-electron chi connectivity index (χ4n) is 2.57. The van der Waals surface area contributed by atoms with Crippen LogP contribution in [-0.2, 0) is 14.4 Å². The minimum absolute atomic E-state index is 0.216. The number of amides is 4. The van der Waals surface area contributed by atoms with E-state index in [1.165, 1.54) is 13.8 Å². The van der Waals surface area contributed by atoms with Crippen LogP contribution >= 0.6 is 22.6 Å². The normalized spacial score (nSPS) is 10.1. The van der Waals surface area contributed by atoms with Gasteiger partial charge in [-0.15, -0.1) is 0 Å². The minimum Gasteiger partial charge on any atom is -0.351 e. The summed E-state index contributed by atoms with van der Waals surface area (Å²) in [7, 11) is 0. The third-order valence-electron chi connectivity index (χ3n) is 3.85. The number of benzene rings is 1. The summed E-state index contributed by atoms with van der Waals surface area (Å²) in [5.41, 5.74) is 2.88. The minimum atomic E-state index is -0.367. The van der Waals surface area contributed by atoms with E-state index >= 15 is 0 Å². The average Bonchev–Trinajstić information content (AvgIpc) is 2.58. The van der Waals surface area contributed by atoms with Crippen LogP contribution in [0.4, 0.5) is 11.4 Å². The lowest BCUT2D eigenvalue weighted by Crippen LogP contribution is -2.35. The first kappa shape index (κ1) is 23.6. The third kappa shape index (κ3) is 6.04. The van der Waals surface area contributed by atoms with Crippen LogP contribution in [0.25, 0.3) is 0 Å². The molecule has 0 bridgehead atoms. The first-order chi connectivity index (χ1) is 13.0. The van der Waals surface area contributed by atoms with Gasteiger partial charge in [0.1, 0.15) is 0 Å². The topological polar surface area (TPSA) is 116 Å². The van der Waals surface area contributed by atoms with Crippen LogP contribution in [0, 0.1) is 17.4 Å². The zero-order chi connectivity index (χ0) is 21.6. The van der Waals surface area contributed by atoms with Crippen LogP contribution in [0.15, 0.2) is 12.2 Å². The molecule has 0 atom stereocenters. The molecule has 28 heavy (non-hydrogen) atoms. The zero-order valence-corrected chi connectivity index (χ0v) is 18.8. The Kier molecular flexibility index (Phi) is 8.61. The number of hydrogen-bond donors (Lipinski definition) is 4. The molecule has 0 aliphatic heterocycles. The van der Waals surface area contributed by atoms with Crippen LogP contribution in [0.1, 0.15) is 42.3 Å². The van der Waals surface area contributed by atoms with Crippen molar-refractivity contribution < 1.29 is 19.2 Å². The summed E-state index contributed by atoms with van der Waals surface area (Å²) in [5, 5.41) is 10.8. The molecule has 0 heterocycles. The Labute approximate surface area is 178 Å². The van der Waals surface area contributed by atoms with Crippen molar-refractivity contribution in [3.8, 4) is 0 Å². The first-order valence-corrected chi connectivity index (χ1v) is 9.64. The quantitative estimate of drug-likeness (QED) is 0.261. The fraction of sp³-hybridized carbons (Fsp3) is 0.368. The van der Waals surface area contributed by atoms with Gasteiger partial charge >= 0.3 is 0 Å². The summed E-state index contributed by atoms with van der Waals surface area (Å²) in [6.45, 7) is 11.8. The number of rotatable bonds is 7. The van der Waals surface area contributed by atoms with Gasteiger partial charge in [-0.25, -0.2) is 0 Å². The Hall–Kier alpha value is -2.43. The van der Waals surface area contributed by atoms with Crippen molar-refractivity contribution >= 4 is 57.6 Å². The van der Waals surface area contributed by atoms with E-state index in [2.05, 4.69) is 27.8 Å². The highest BCUT2D eigenvalue weighted by atomic mass is 127. The second kappa shape index (κ2) is 10.2. The molecule has 8 nitrogen and oxygen atoms in total. The highest BCUT2D eigenvalue weighted by Gasteiger charge is 2.23. The van der Waals surface area contributed by atoms with Crippen LogP contribution in [-0.4, -0.2) is 36.7 Å². The molecule has 0 saturated heterocycles. The number of carbonyl (C=O) groups is 4. The Bertz CT molecular complexity index is 806. The number of hydrogen-bond acceptors (Lipinski definition) is 4. The average molecular weight is 500 g/mol. The molecule has 0 aliphatic rings. The summed E-state index contributed by atoms with van der Waals surface area (Å²) in [4.78, 5) is 47.5. The standard InChI is InChI=1S/C19H25IN4O4/c1-9(2)18(27)21-7-8-22-19(28)14-10(3)16(23-12(5)25)15(20)17(11(14)4)24-13(6)26/h1,7-8H2,2-6H3,(H,21,27)(H,22,28)(H,23,25)(H,24,26). The monoisotopic (exact) mass is 500 g/mol. The lowest BCUT2D eigenvalue weighted by molar-refractivity contribution is -0.117. The summed E-state index contributed by atoms with van der Waals surface area (Å²) in [6.07, 6.45) is 0. The van der Waals surface area contributed by atoms with E-state index in [1.54, 1.807) is 20.8 Å². The van der Waals surface area contributed by atoms with Gasteiger partial charge in [-0.2, -0.15) is 0 Å². The van der Waals surface area contributed by atoms with E-state index in [-0.39, 0.29) is 36.7 Å². The second-order valence-electron chi connectivity index (χ2n) is 6.34. The van der Waals surface area contributed by atoms with Crippen LogP contribution < -0.4 is 21.3 Å². The predicted molar refractivity (Wildman–Crippen MR) is 117 cm³/mol. The molecule has 0 aliphatic carbocycles. The van der Waals surface area contributed by atoms with Crippen LogP contribution in [0.3, 0.4) is 0 Å². The van der Waals surface area contributed by atoms with E-state index < -0.39 is 0 Å². The van der Waals surface area contributed by atoms with Crippen molar-refractivity contribution in [2.24, 2.45) is 0 Å². The molecule has 1 aromatic carbocycles. The molecule has 0 aromatic heterocycles. The predicted octanol–water partition coefficient (Wildman–Crippen LogP) is 2.25. The SMILES string of the molecule is C=C(C)C(=O)NCCNC(=O)c1c(C)c(NC(C)=O)c(I)c(NC(C)=O)c1C. The number of halogens is 1. The van der Waals surface area contributed by atoms with Crippen LogP contribution in [0.2, 0.25) is 0 Å². The molecule has 4 amide bonds. The maximum Gasteiger partial charge on any atom is 0.252 e. The Morgan fingerprint density at radius 2 is 1.29 bits per heavy atom. The molecule has 9 heteroatoms.